The van der Waals surface area contributed by atoms with Crippen molar-refractivity contribution in [2.75, 3.05) is 6.54 Å². The van der Waals surface area contributed by atoms with Crippen LogP contribution in [0.1, 0.15) is 37.7 Å². The third-order valence-corrected chi connectivity index (χ3v) is 4.49. The number of benzene rings is 1. The second kappa shape index (κ2) is 4.80. The predicted octanol–water partition coefficient (Wildman–Crippen LogP) is 2.55. The number of rotatable bonds is 2. The Labute approximate surface area is 113 Å². The van der Waals surface area contributed by atoms with Crippen LogP contribution in [0.5, 0.6) is 0 Å². The van der Waals surface area contributed by atoms with Crippen molar-refractivity contribution >= 4 is 11.7 Å². The quantitative estimate of drug-likeness (QED) is 0.816. The van der Waals surface area contributed by atoms with E-state index in [2.05, 4.69) is 12.1 Å². The van der Waals surface area contributed by atoms with Gasteiger partial charge in [-0.25, -0.2) is 0 Å². The summed E-state index contributed by atoms with van der Waals surface area (Å²) in [5.41, 5.74) is 1.26. The SMILES string of the molecule is O=C1CCC2(CC1)CC(=O)N(Cc1ccccc1)C2. The van der Waals surface area contributed by atoms with E-state index in [-0.39, 0.29) is 11.3 Å². The number of likely N-dealkylation sites (tertiary alicyclic amines) is 1. The van der Waals surface area contributed by atoms with Gasteiger partial charge in [-0.05, 0) is 23.8 Å². The summed E-state index contributed by atoms with van der Waals surface area (Å²) in [6, 6.07) is 10.1. The molecule has 1 aliphatic carbocycles. The third-order valence-electron chi connectivity index (χ3n) is 4.49. The van der Waals surface area contributed by atoms with Crippen LogP contribution in [-0.4, -0.2) is 23.1 Å². The molecule has 1 aromatic carbocycles. The summed E-state index contributed by atoms with van der Waals surface area (Å²) in [7, 11) is 0. The molecule has 3 rings (SSSR count). The topological polar surface area (TPSA) is 37.4 Å². The average Bonchev–Trinajstić information content (AvgIpc) is 2.71. The number of carbonyl (C=O) groups is 2. The molecule has 0 atom stereocenters. The molecular weight excluding hydrogens is 238 g/mol. The van der Waals surface area contributed by atoms with Crippen LogP contribution in [-0.2, 0) is 16.1 Å². The van der Waals surface area contributed by atoms with Gasteiger partial charge in [-0.3, -0.25) is 9.59 Å². The van der Waals surface area contributed by atoms with Crippen LogP contribution in [0.2, 0.25) is 0 Å². The fraction of sp³-hybridized carbons (Fsp3) is 0.500. The first-order valence-corrected chi connectivity index (χ1v) is 7.00. The van der Waals surface area contributed by atoms with Crippen LogP contribution in [0, 0.1) is 5.41 Å². The summed E-state index contributed by atoms with van der Waals surface area (Å²) in [5, 5.41) is 0. The lowest BCUT2D eigenvalue weighted by atomic mass is 9.73. The van der Waals surface area contributed by atoms with Gasteiger partial charge in [-0.1, -0.05) is 30.3 Å². The third kappa shape index (κ3) is 2.55. The molecule has 1 heterocycles. The highest BCUT2D eigenvalue weighted by Crippen LogP contribution is 2.43. The second-order valence-electron chi connectivity index (χ2n) is 5.95. The summed E-state index contributed by atoms with van der Waals surface area (Å²) in [6.07, 6.45) is 3.73. The maximum absolute atomic E-state index is 12.2. The van der Waals surface area contributed by atoms with Crippen LogP contribution < -0.4 is 0 Å². The predicted molar refractivity (Wildman–Crippen MR) is 72.4 cm³/mol. The van der Waals surface area contributed by atoms with Crippen molar-refractivity contribution in [3.63, 3.8) is 0 Å². The fourth-order valence-electron chi connectivity index (χ4n) is 3.32. The number of amides is 1. The van der Waals surface area contributed by atoms with E-state index in [0.29, 0.717) is 31.6 Å². The van der Waals surface area contributed by atoms with Crippen molar-refractivity contribution in [2.24, 2.45) is 5.41 Å². The normalized spacial score (nSPS) is 22.2. The summed E-state index contributed by atoms with van der Waals surface area (Å²) < 4.78 is 0. The van der Waals surface area contributed by atoms with Gasteiger partial charge in [0.05, 0.1) is 0 Å². The molecule has 0 unspecified atom stereocenters. The van der Waals surface area contributed by atoms with E-state index in [1.54, 1.807) is 0 Å². The summed E-state index contributed by atoms with van der Waals surface area (Å²) in [6.45, 7) is 1.53. The largest absolute Gasteiger partial charge is 0.338 e. The monoisotopic (exact) mass is 257 g/mol. The van der Waals surface area contributed by atoms with Crippen molar-refractivity contribution in [1.29, 1.82) is 0 Å². The van der Waals surface area contributed by atoms with E-state index in [0.717, 1.165) is 19.4 Å². The zero-order chi connectivity index (χ0) is 13.3. The Bertz CT molecular complexity index is 485. The number of hydrogen-bond donors (Lipinski definition) is 0. The standard InChI is InChI=1S/C16H19NO2/c18-14-6-8-16(9-7-14)10-15(19)17(12-16)11-13-4-2-1-3-5-13/h1-5H,6-12H2. The lowest BCUT2D eigenvalue weighted by Gasteiger charge is -2.31. The Morgan fingerprint density at radius 3 is 2.42 bits per heavy atom. The van der Waals surface area contributed by atoms with Crippen LogP contribution in [0.4, 0.5) is 0 Å². The van der Waals surface area contributed by atoms with Gasteiger partial charge in [0.2, 0.25) is 5.91 Å². The molecule has 0 aromatic heterocycles. The fourth-order valence-corrected chi connectivity index (χ4v) is 3.32. The minimum Gasteiger partial charge on any atom is -0.338 e. The molecule has 3 nitrogen and oxygen atoms in total. The Balaban J connectivity index is 1.68. The summed E-state index contributed by atoms with van der Waals surface area (Å²) >= 11 is 0. The molecular formula is C16H19NO2. The minimum atomic E-state index is 0.0831. The molecule has 1 aliphatic heterocycles. The molecule has 0 bridgehead atoms. The number of hydrogen-bond acceptors (Lipinski definition) is 2. The number of ketones is 1. The highest BCUT2D eigenvalue weighted by atomic mass is 16.2. The number of carbonyl (C=O) groups excluding carboxylic acids is 2. The maximum atomic E-state index is 12.2. The van der Waals surface area contributed by atoms with Crippen molar-refractivity contribution in [2.45, 2.75) is 38.6 Å². The second-order valence-corrected chi connectivity index (χ2v) is 5.95. The van der Waals surface area contributed by atoms with Crippen molar-refractivity contribution < 1.29 is 9.59 Å². The number of nitrogens with zero attached hydrogens (tertiary/aromatic N) is 1. The van der Waals surface area contributed by atoms with Gasteiger partial charge < -0.3 is 4.90 Å². The Morgan fingerprint density at radius 1 is 1.05 bits per heavy atom. The Hall–Kier alpha value is -1.64. The lowest BCUT2D eigenvalue weighted by Crippen LogP contribution is -2.31. The minimum absolute atomic E-state index is 0.0831. The lowest BCUT2D eigenvalue weighted by molar-refractivity contribution is -0.128. The first-order valence-electron chi connectivity index (χ1n) is 7.00. The first-order chi connectivity index (χ1) is 9.17. The van der Waals surface area contributed by atoms with Gasteiger partial charge in [-0.2, -0.15) is 0 Å². The van der Waals surface area contributed by atoms with Gasteiger partial charge in [0.1, 0.15) is 5.78 Å². The molecule has 19 heavy (non-hydrogen) atoms. The molecule has 1 aromatic rings. The zero-order valence-electron chi connectivity index (χ0n) is 11.1. The molecule has 2 aliphatic rings. The smallest absolute Gasteiger partial charge is 0.223 e. The summed E-state index contributed by atoms with van der Waals surface area (Å²) in [5.74, 6) is 0.609. The van der Waals surface area contributed by atoms with E-state index in [1.807, 2.05) is 23.1 Å². The molecule has 1 saturated heterocycles. The molecule has 1 amide bonds. The van der Waals surface area contributed by atoms with E-state index in [9.17, 15) is 9.59 Å². The van der Waals surface area contributed by atoms with Crippen molar-refractivity contribution in [3.05, 3.63) is 35.9 Å². The first kappa shape index (κ1) is 12.4. The van der Waals surface area contributed by atoms with E-state index in [1.165, 1.54) is 5.56 Å². The highest BCUT2D eigenvalue weighted by molar-refractivity contribution is 5.82. The van der Waals surface area contributed by atoms with Gasteiger partial charge in [0.15, 0.2) is 0 Å². The average molecular weight is 257 g/mol. The summed E-state index contributed by atoms with van der Waals surface area (Å²) in [4.78, 5) is 25.5. The van der Waals surface area contributed by atoms with E-state index < -0.39 is 0 Å². The Kier molecular flexibility index (Phi) is 3.13. The molecule has 1 saturated carbocycles. The van der Waals surface area contributed by atoms with E-state index in [4.69, 9.17) is 0 Å². The molecule has 100 valence electrons. The highest BCUT2D eigenvalue weighted by Gasteiger charge is 2.44. The van der Waals surface area contributed by atoms with Gasteiger partial charge in [-0.15, -0.1) is 0 Å². The Morgan fingerprint density at radius 2 is 1.74 bits per heavy atom. The number of Topliss-reactive ketones (excluding diaryl/α,β-unsaturated/α-hetero) is 1. The molecule has 0 N–H and O–H groups in total. The van der Waals surface area contributed by atoms with Gasteiger partial charge in [0.25, 0.3) is 0 Å². The molecule has 2 fully saturated rings. The zero-order valence-corrected chi connectivity index (χ0v) is 11.1. The molecule has 0 radical (unpaired) electrons. The molecule has 3 heteroatoms. The molecule has 1 spiro atoms. The van der Waals surface area contributed by atoms with Crippen LogP contribution in [0.15, 0.2) is 30.3 Å². The van der Waals surface area contributed by atoms with Crippen molar-refractivity contribution in [3.8, 4) is 0 Å². The van der Waals surface area contributed by atoms with Gasteiger partial charge in [0, 0.05) is 32.4 Å². The van der Waals surface area contributed by atoms with Crippen LogP contribution in [0.25, 0.3) is 0 Å². The van der Waals surface area contributed by atoms with Crippen molar-refractivity contribution in [1.82, 2.24) is 4.90 Å². The van der Waals surface area contributed by atoms with Crippen LogP contribution >= 0.6 is 0 Å². The van der Waals surface area contributed by atoms with Gasteiger partial charge >= 0.3 is 0 Å². The van der Waals surface area contributed by atoms with Crippen LogP contribution in [0.3, 0.4) is 0 Å². The maximum Gasteiger partial charge on any atom is 0.223 e. The van der Waals surface area contributed by atoms with E-state index >= 15 is 0 Å².